The summed E-state index contributed by atoms with van der Waals surface area (Å²) >= 11 is 0. The number of aliphatic imine (C=N–C) groups is 2. The summed E-state index contributed by atoms with van der Waals surface area (Å²) in [5.74, 6) is 1.55. The molecule has 1 aliphatic heterocycles. The van der Waals surface area contributed by atoms with Crippen molar-refractivity contribution in [2.75, 3.05) is 25.1 Å². The highest BCUT2D eigenvalue weighted by Crippen LogP contribution is 2.21. The highest BCUT2D eigenvalue weighted by Gasteiger charge is 2.16. The van der Waals surface area contributed by atoms with Gasteiger partial charge in [0.2, 0.25) is 0 Å². The molecule has 0 N–H and O–H groups in total. The van der Waals surface area contributed by atoms with E-state index in [4.69, 9.17) is 4.74 Å². The molecule has 0 aliphatic carbocycles. The van der Waals surface area contributed by atoms with Crippen LogP contribution in [0.5, 0.6) is 5.75 Å². The van der Waals surface area contributed by atoms with Crippen LogP contribution in [-0.4, -0.2) is 38.5 Å². The average Bonchev–Trinajstić information content (AvgIpc) is 2.93. The molecule has 1 atom stereocenters. The Bertz CT molecular complexity index is 496. The SMILES string of the molecule is CN=C1CN=CN1c1ccc(OCC(F)C(C)C)cc1. The zero-order chi connectivity index (χ0) is 14.5. The predicted octanol–water partition coefficient (Wildman–Crippen LogP) is 2.94. The molecular formula is C15H20FN3O. The highest BCUT2D eigenvalue weighted by atomic mass is 19.1. The van der Waals surface area contributed by atoms with Crippen LogP contribution in [0.25, 0.3) is 0 Å². The number of hydrogen-bond donors (Lipinski definition) is 0. The minimum atomic E-state index is -0.945. The fourth-order valence-corrected chi connectivity index (χ4v) is 1.81. The predicted molar refractivity (Wildman–Crippen MR) is 80.9 cm³/mol. The van der Waals surface area contributed by atoms with E-state index in [0.717, 1.165) is 11.5 Å². The number of anilines is 1. The molecule has 5 heteroatoms. The zero-order valence-corrected chi connectivity index (χ0v) is 12.1. The quantitative estimate of drug-likeness (QED) is 0.829. The van der Waals surface area contributed by atoms with Crippen molar-refractivity contribution in [3.63, 3.8) is 0 Å². The third-order valence-corrected chi connectivity index (χ3v) is 3.21. The lowest BCUT2D eigenvalue weighted by atomic mass is 10.1. The van der Waals surface area contributed by atoms with Crippen LogP contribution < -0.4 is 9.64 Å². The van der Waals surface area contributed by atoms with Crippen LogP contribution in [0.3, 0.4) is 0 Å². The van der Waals surface area contributed by atoms with Gasteiger partial charge in [0.25, 0.3) is 0 Å². The van der Waals surface area contributed by atoms with E-state index >= 15 is 0 Å². The highest BCUT2D eigenvalue weighted by molar-refractivity contribution is 6.15. The third kappa shape index (κ3) is 3.35. The van der Waals surface area contributed by atoms with Gasteiger partial charge < -0.3 is 4.74 Å². The minimum Gasteiger partial charge on any atom is -0.491 e. The molecule has 0 saturated heterocycles. The molecule has 0 fully saturated rings. The summed E-state index contributed by atoms with van der Waals surface area (Å²) in [5.41, 5.74) is 0.972. The topological polar surface area (TPSA) is 37.2 Å². The number of halogens is 1. The van der Waals surface area contributed by atoms with Gasteiger partial charge in [-0.2, -0.15) is 0 Å². The van der Waals surface area contributed by atoms with Gasteiger partial charge >= 0.3 is 0 Å². The maximum Gasteiger partial charge on any atom is 0.136 e. The van der Waals surface area contributed by atoms with Crippen molar-refractivity contribution in [1.29, 1.82) is 0 Å². The number of amidine groups is 1. The van der Waals surface area contributed by atoms with E-state index in [0.29, 0.717) is 12.3 Å². The van der Waals surface area contributed by atoms with E-state index in [9.17, 15) is 4.39 Å². The second-order valence-electron chi connectivity index (χ2n) is 5.03. The maximum absolute atomic E-state index is 13.5. The number of benzene rings is 1. The van der Waals surface area contributed by atoms with E-state index in [2.05, 4.69) is 9.98 Å². The molecule has 4 nitrogen and oxygen atoms in total. The van der Waals surface area contributed by atoms with E-state index < -0.39 is 6.17 Å². The lowest BCUT2D eigenvalue weighted by molar-refractivity contribution is 0.155. The normalized spacial score (nSPS) is 18.1. The average molecular weight is 277 g/mol. The summed E-state index contributed by atoms with van der Waals surface area (Å²) in [7, 11) is 1.75. The van der Waals surface area contributed by atoms with Gasteiger partial charge in [-0.15, -0.1) is 0 Å². The van der Waals surface area contributed by atoms with E-state index in [1.54, 1.807) is 13.4 Å². The molecule has 0 amide bonds. The molecule has 1 heterocycles. The van der Waals surface area contributed by atoms with Gasteiger partial charge in [-0.05, 0) is 30.2 Å². The zero-order valence-electron chi connectivity index (χ0n) is 12.1. The van der Waals surface area contributed by atoms with Crippen molar-refractivity contribution < 1.29 is 9.13 Å². The minimum absolute atomic E-state index is 0.0293. The summed E-state index contributed by atoms with van der Waals surface area (Å²) < 4.78 is 18.9. The summed E-state index contributed by atoms with van der Waals surface area (Å²) in [6.45, 7) is 4.38. The van der Waals surface area contributed by atoms with Crippen molar-refractivity contribution in [2.24, 2.45) is 15.9 Å². The summed E-state index contributed by atoms with van der Waals surface area (Å²) in [6.07, 6.45) is 0.813. The molecule has 0 radical (unpaired) electrons. The van der Waals surface area contributed by atoms with E-state index in [1.807, 2.05) is 43.0 Å². The Hall–Kier alpha value is -1.91. The van der Waals surface area contributed by atoms with Crippen LogP contribution in [0.1, 0.15) is 13.8 Å². The van der Waals surface area contributed by atoms with Crippen LogP contribution in [0, 0.1) is 5.92 Å². The lowest BCUT2D eigenvalue weighted by Crippen LogP contribution is -2.25. The monoisotopic (exact) mass is 277 g/mol. The smallest absolute Gasteiger partial charge is 0.136 e. The van der Waals surface area contributed by atoms with Gasteiger partial charge in [0.1, 0.15) is 24.4 Å². The van der Waals surface area contributed by atoms with Crippen molar-refractivity contribution >= 4 is 17.9 Å². The van der Waals surface area contributed by atoms with Gasteiger partial charge in [0.05, 0.1) is 12.9 Å². The number of alkyl halides is 1. The molecule has 2 rings (SSSR count). The van der Waals surface area contributed by atoms with Crippen LogP contribution in [0.2, 0.25) is 0 Å². The Balaban J connectivity index is 1.98. The number of nitrogens with zero attached hydrogens (tertiary/aromatic N) is 3. The first-order chi connectivity index (χ1) is 9.61. The van der Waals surface area contributed by atoms with Gasteiger partial charge in [-0.25, -0.2) is 4.39 Å². The molecule has 1 aliphatic rings. The fourth-order valence-electron chi connectivity index (χ4n) is 1.81. The Morgan fingerprint density at radius 1 is 1.35 bits per heavy atom. The van der Waals surface area contributed by atoms with Crippen LogP contribution in [-0.2, 0) is 0 Å². The molecule has 1 aromatic rings. The van der Waals surface area contributed by atoms with Gasteiger partial charge in [0.15, 0.2) is 0 Å². The molecule has 1 aromatic carbocycles. The molecular weight excluding hydrogens is 257 g/mol. The molecule has 20 heavy (non-hydrogen) atoms. The van der Waals surface area contributed by atoms with E-state index in [-0.39, 0.29) is 12.5 Å². The molecule has 0 bridgehead atoms. The van der Waals surface area contributed by atoms with Crippen LogP contribution in [0.15, 0.2) is 34.3 Å². The van der Waals surface area contributed by atoms with Gasteiger partial charge in [0, 0.05) is 12.7 Å². The van der Waals surface area contributed by atoms with Crippen molar-refractivity contribution in [1.82, 2.24) is 0 Å². The first kappa shape index (κ1) is 14.5. The second-order valence-corrected chi connectivity index (χ2v) is 5.03. The number of ether oxygens (including phenoxy) is 1. The lowest BCUT2D eigenvalue weighted by Gasteiger charge is -2.17. The summed E-state index contributed by atoms with van der Waals surface area (Å²) in [6, 6.07) is 7.50. The molecule has 0 aromatic heterocycles. The standard InChI is InChI=1S/C15H20FN3O/c1-11(2)14(16)9-20-13-6-4-12(5-7-13)19-10-18-8-15(19)17-3/h4-7,10-11,14H,8-9H2,1-3H3. The fraction of sp³-hybridized carbons (Fsp3) is 0.467. The maximum atomic E-state index is 13.5. The Kier molecular flexibility index (Phi) is 4.71. The van der Waals surface area contributed by atoms with Crippen molar-refractivity contribution in [3.8, 4) is 5.75 Å². The Labute approximate surface area is 119 Å². The number of hydrogen-bond acceptors (Lipinski definition) is 3. The second kappa shape index (κ2) is 6.50. The van der Waals surface area contributed by atoms with Gasteiger partial charge in [-0.3, -0.25) is 14.9 Å². The molecule has 1 unspecified atom stereocenters. The first-order valence-electron chi connectivity index (χ1n) is 6.73. The Morgan fingerprint density at radius 3 is 2.65 bits per heavy atom. The van der Waals surface area contributed by atoms with E-state index in [1.165, 1.54) is 0 Å². The van der Waals surface area contributed by atoms with Gasteiger partial charge in [-0.1, -0.05) is 13.8 Å². The molecule has 108 valence electrons. The first-order valence-corrected chi connectivity index (χ1v) is 6.73. The van der Waals surface area contributed by atoms with Crippen LogP contribution >= 0.6 is 0 Å². The summed E-state index contributed by atoms with van der Waals surface area (Å²) in [5, 5.41) is 0. The largest absolute Gasteiger partial charge is 0.491 e. The number of rotatable bonds is 5. The molecule has 0 spiro atoms. The summed E-state index contributed by atoms with van der Waals surface area (Å²) in [4.78, 5) is 10.3. The Morgan fingerprint density at radius 2 is 2.05 bits per heavy atom. The van der Waals surface area contributed by atoms with Crippen LogP contribution in [0.4, 0.5) is 10.1 Å². The molecule has 0 saturated carbocycles. The third-order valence-electron chi connectivity index (χ3n) is 3.21. The van der Waals surface area contributed by atoms with Crippen molar-refractivity contribution in [3.05, 3.63) is 24.3 Å². The van der Waals surface area contributed by atoms with Crippen molar-refractivity contribution in [2.45, 2.75) is 20.0 Å².